The standard InChI is InChI=1S/C10H16N4O2/c11-6-10(3-1-4-10)9(15)12-5-2-8-13-7-16-14-8/h7H,1-6,11H2,(H,12,15). The third kappa shape index (κ3) is 2.06. The largest absolute Gasteiger partial charge is 0.355 e. The molecule has 1 aliphatic carbocycles. The maximum absolute atomic E-state index is 11.9. The number of carbonyl (C=O) groups excluding carboxylic acids is 1. The molecule has 1 aromatic rings. The van der Waals surface area contributed by atoms with Crippen LogP contribution in [0.4, 0.5) is 0 Å². The maximum atomic E-state index is 11.9. The van der Waals surface area contributed by atoms with E-state index < -0.39 is 0 Å². The monoisotopic (exact) mass is 224 g/mol. The molecule has 0 spiro atoms. The molecule has 88 valence electrons. The van der Waals surface area contributed by atoms with Crippen LogP contribution in [0.15, 0.2) is 10.9 Å². The summed E-state index contributed by atoms with van der Waals surface area (Å²) in [6.45, 7) is 0.959. The summed E-state index contributed by atoms with van der Waals surface area (Å²) < 4.78 is 4.60. The van der Waals surface area contributed by atoms with Crippen molar-refractivity contribution in [3.8, 4) is 0 Å². The summed E-state index contributed by atoms with van der Waals surface area (Å²) in [6.07, 6.45) is 4.76. The summed E-state index contributed by atoms with van der Waals surface area (Å²) in [5, 5.41) is 6.54. The molecule has 0 aliphatic heterocycles. The van der Waals surface area contributed by atoms with Crippen molar-refractivity contribution < 1.29 is 9.32 Å². The second kappa shape index (κ2) is 4.61. The van der Waals surface area contributed by atoms with Crippen molar-refractivity contribution >= 4 is 5.91 Å². The Bertz CT molecular complexity index is 340. The van der Waals surface area contributed by atoms with E-state index in [-0.39, 0.29) is 11.3 Å². The number of nitrogens with zero attached hydrogens (tertiary/aromatic N) is 2. The average molecular weight is 224 g/mol. The van der Waals surface area contributed by atoms with Crippen LogP contribution >= 0.6 is 0 Å². The first-order chi connectivity index (χ1) is 7.77. The van der Waals surface area contributed by atoms with Gasteiger partial charge in [-0.05, 0) is 12.8 Å². The zero-order valence-electron chi connectivity index (χ0n) is 9.11. The summed E-state index contributed by atoms with van der Waals surface area (Å²) in [5.41, 5.74) is 5.33. The molecule has 0 bridgehead atoms. The molecule has 1 aliphatic rings. The lowest BCUT2D eigenvalue weighted by molar-refractivity contribution is -0.135. The lowest BCUT2D eigenvalue weighted by atomic mass is 9.68. The minimum Gasteiger partial charge on any atom is -0.355 e. The molecule has 2 rings (SSSR count). The third-order valence-corrected chi connectivity index (χ3v) is 3.22. The Morgan fingerprint density at radius 3 is 2.94 bits per heavy atom. The van der Waals surface area contributed by atoms with Crippen LogP contribution in [0.1, 0.15) is 25.1 Å². The number of amides is 1. The van der Waals surface area contributed by atoms with Gasteiger partial charge in [0.15, 0.2) is 5.82 Å². The topological polar surface area (TPSA) is 94.0 Å². The smallest absolute Gasteiger partial charge is 0.227 e. The highest BCUT2D eigenvalue weighted by atomic mass is 16.5. The van der Waals surface area contributed by atoms with E-state index >= 15 is 0 Å². The van der Waals surface area contributed by atoms with Gasteiger partial charge in [0, 0.05) is 19.5 Å². The van der Waals surface area contributed by atoms with Crippen LogP contribution < -0.4 is 11.1 Å². The zero-order chi connectivity index (χ0) is 11.4. The predicted octanol–water partition coefficient (Wildman–Crippen LogP) is -0.143. The second-order valence-electron chi connectivity index (χ2n) is 4.19. The number of rotatable bonds is 5. The van der Waals surface area contributed by atoms with Crippen LogP contribution in [0.25, 0.3) is 0 Å². The molecule has 16 heavy (non-hydrogen) atoms. The van der Waals surface area contributed by atoms with Crippen LogP contribution in [0.2, 0.25) is 0 Å². The molecule has 0 atom stereocenters. The van der Waals surface area contributed by atoms with E-state index in [4.69, 9.17) is 5.73 Å². The molecule has 1 saturated carbocycles. The van der Waals surface area contributed by atoms with Crippen molar-refractivity contribution in [2.24, 2.45) is 11.1 Å². The van der Waals surface area contributed by atoms with Crippen molar-refractivity contribution in [3.05, 3.63) is 12.2 Å². The number of aromatic nitrogens is 2. The molecule has 0 saturated heterocycles. The SMILES string of the molecule is NCC1(C(=O)NCCc2ncon2)CCC1. The van der Waals surface area contributed by atoms with Crippen molar-refractivity contribution in [2.75, 3.05) is 13.1 Å². The molecule has 1 heterocycles. The highest BCUT2D eigenvalue weighted by molar-refractivity contribution is 5.83. The minimum absolute atomic E-state index is 0.0599. The van der Waals surface area contributed by atoms with Crippen LogP contribution in [-0.2, 0) is 11.2 Å². The molecule has 6 nitrogen and oxygen atoms in total. The number of nitrogens with one attached hydrogen (secondary N) is 1. The van der Waals surface area contributed by atoms with Crippen molar-refractivity contribution in [1.82, 2.24) is 15.5 Å². The zero-order valence-corrected chi connectivity index (χ0v) is 9.11. The van der Waals surface area contributed by atoms with Gasteiger partial charge in [0.1, 0.15) is 0 Å². The third-order valence-electron chi connectivity index (χ3n) is 3.22. The molecule has 1 amide bonds. The van der Waals surface area contributed by atoms with E-state index in [0.717, 1.165) is 19.3 Å². The Morgan fingerprint density at radius 2 is 2.44 bits per heavy atom. The summed E-state index contributed by atoms with van der Waals surface area (Å²) in [4.78, 5) is 15.7. The van der Waals surface area contributed by atoms with Gasteiger partial charge in [-0.3, -0.25) is 4.79 Å². The lowest BCUT2D eigenvalue weighted by Gasteiger charge is -2.39. The molecule has 6 heteroatoms. The van der Waals surface area contributed by atoms with Crippen LogP contribution in [0, 0.1) is 5.41 Å². The molecule has 0 radical (unpaired) electrons. The first kappa shape index (κ1) is 11.1. The summed E-state index contributed by atoms with van der Waals surface area (Å²) in [7, 11) is 0. The minimum atomic E-state index is -0.308. The number of carbonyl (C=O) groups is 1. The normalized spacial score (nSPS) is 17.8. The fourth-order valence-electron chi connectivity index (χ4n) is 1.91. The molecule has 0 unspecified atom stereocenters. The van der Waals surface area contributed by atoms with E-state index in [1.54, 1.807) is 0 Å². The van der Waals surface area contributed by atoms with Crippen LogP contribution in [-0.4, -0.2) is 29.1 Å². The second-order valence-corrected chi connectivity index (χ2v) is 4.19. The van der Waals surface area contributed by atoms with Gasteiger partial charge < -0.3 is 15.6 Å². The Labute approximate surface area is 93.6 Å². The molecule has 1 aromatic heterocycles. The molecular weight excluding hydrogens is 208 g/mol. The molecular formula is C10H16N4O2. The fourth-order valence-corrected chi connectivity index (χ4v) is 1.91. The number of hydrogen-bond donors (Lipinski definition) is 2. The first-order valence-corrected chi connectivity index (χ1v) is 5.50. The van der Waals surface area contributed by atoms with E-state index in [1.807, 2.05) is 0 Å². The van der Waals surface area contributed by atoms with Gasteiger partial charge in [0.25, 0.3) is 0 Å². The number of nitrogens with two attached hydrogens (primary N) is 1. The van der Waals surface area contributed by atoms with Gasteiger partial charge in [0.2, 0.25) is 12.3 Å². The molecule has 0 aromatic carbocycles. The fraction of sp³-hybridized carbons (Fsp3) is 0.700. The highest BCUT2D eigenvalue weighted by Crippen LogP contribution is 2.39. The van der Waals surface area contributed by atoms with E-state index in [9.17, 15) is 4.79 Å². The van der Waals surface area contributed by atoms with Crippen LogP contribution in [0.5, 0.6) is 0 Å². The van der Waals surface area contributed by atoms with Crippen molar-refractivity contribution in [1.29, 1.82) is 0 Å². The molecule has 3 N–H and O–H groups in total. The Balaban J connectivity index is 1.75. The van der Waals surface area contributed by atoms with Crippen molar-refractivity contribution in [3.63, 3.8) is 0 Å². The summed E-state index contributed by atoms with van der Waals surface area (Å²) in [6, 6.07) is 0. The van der Waals surface area contributed by atoms with E-state index in [2.05, 4.69) is 20.0 Å². The maximum Gasteiger partial charge on any atom is 0.227 e. The van der Waals surface area contributed by atoms with Crippen molar-refractivity contribution in [2.45, 2.75) is 25.7 Å². The quantitative estimate of drug-likeness (QED) is 0.725. The van der Waals surface area contributed by atoms with Gasteiger partial charge in [0.05, 0.1) is 5.41 Å². The first-order valence-electron chi connectivity index (χ1n) is 5.50. The van der Waals surface area contributed by atoms with Gasteiger partial charge in [-0.1, -0.05) is 11.6 Å². The molecule has 1 fully saturated rings. The van der Waals surface area contributed by atoms with Gasteiger partial charge in [-0.15, -0.1) is 0 Å². The van der Waals surface area contributed by atoms with Gasteiger partial charge in [-0.2, -0.15) is 4.98 Å². The Morgan fingerprint density at radius 1 is 1.62 bits per heavy atom. The van der Waals surface area contributed by atoms with Gasteiger partial charge >= 0.3 is 0 Å². The summed E-state index contributed by atoms with van der Waals surface area (Å²) >= 11 is 0. The summed E-state index contributed by atoms with van der Waals surface area (Å²) in [5.74, 6) is 0.667. The van der Waals surface area contributed by atoms with E-state index in [1.165, 1.54) is 6.39 Å². The lowest BCUT2D eigenvalue weighted by Crippen LogP contribution is -2.50. The van der Waals surface area contributed by atoms with Crippen LogP contribution in [0.3, 0.4) is 0 Å². The average Bonchev–Trinajstić information content (AvgIpc) is 2.70. The number of hydrogen-bond acceptors (Lipinski definition) is 5. The highest BCUT2D eigenvalue weighted by Gasteiger charge is 2.42. The predicted molar refractivity (Wildman–Crippen MR) is 56.4 cm³/mol. The Kier molecular flexibility index (Phi) is 3.19. The Hall–Kier alpha value is -1.43. The van der Waals surface area contributed by atoms with Gasteiger partial charge in [-0.25, -0.2) is 0 Å². The van der Waals surface area contributed by atoms with E-state index in [0.29, 0.717) is 25.3 Å².